The molecular weight excluding hydrogens is 178 g/mol. The number of rotatable bonds is 4. The zero-order valence-corrected chi connectivity index (χ0v) is 8.41. The maximum absolute atomic E-state index is 5.17. The number of aromatic nitrogens is 1. The second-order valence-electron chi connectivity index (χ2n) is 2.68. The van der Waals surface area contributed by atoms with Crippen LogP contribution >= 0.6 is 0 Å². The first kappa shape index (κ1) is 10.7. The van der Waals surface area contributed by atoms with Crippen LogP contribution in [0, 0.1) is 11.8 Å². The third kappa shape index (κ3) is 3.56. The van der Waals surface area contributed by atoms with E-state index in [1.807, 2.05) is 12.1 Å². The molecule has 0 bridgehead atoms. The molecule has 0 aliphatic heterocycles. The molecule has 1 heterocycles. The van der Waals surface area contributed by atoms with Crippen molar-refractivity contribution in [2.45, 2.75) is 13.5 Å². The van der Waals surface area contributed by atoms with Gasteiger partial charge < -0.3 is 9.47 Å². The molecule has 14 heavy (non-hydrogen) atoms. The number of ether oxygens (including phenoxy) is 2. The summed E-state index contributed by atoms with van der Waals surface area (Å²) in [4.78, 5) is 4.15. The lowest BCUT2D eigenvalue weighted by atomic mass is 10.2. The minimum Gasteiger partial charge on any atom is -0.359 e. The molecule has 0 atom stereocenters. The normalized spacial score (nSPS) is 9.29. The van der Waals surface area contributed by atoms with Gasteiger partial charge in [0.15, 0.2) is 0 Å². The van der Waals surface area contributed by atoms with Crippen molar-refractivity contribution in [3.05, 3.63) is 29.6 Å². The molecule has 0 saturated carbocycles. The van der Waals surface area contributed by atoms with Gasteiger partial charge in [0, 0.05) is 13.3 Å². The van der Waals surface area contributed by atoms with Crippen LogP contribution in [0.5, 0.6) is 0 Å². The van der Waals surface area contributed by atoms with E-state index in [9.17, 15) is 0 Å². The van der Waals surface area contributed by atoms with Crippen molar-refractivity contribution in [1.82, 2.24) is 4.98 Å². The fraction of sp³-hybridized carbons (Fsp3) is 0.364. The minimum atomic E-state index is 0.302. The fourth-order valence-electron chi connectivity index (χ4n) is 0.955. The van der Waals surface area contributed by atoms with E-state index < -0.39 is 0 Å². The van der Waals surface area contributed by atoms with E-state index in [4.69, 9.17) is 9.47 Å². The molecule has 0 spiro atoms. The van der Waals surface area contributed by atoms with Gasteiger partial charge in [-0.3, -0.25) is 0 Å². The molecule has 3 heteroatoms. The molecular formula is C11H13NO2. The lowest BCUT2D eigenvalue weighted by molar-refractivity contribution is -0.0391. The molecule has 0 saturated heterocycles. The highest BCUT2D eigenvalue weighted by Crippen LogP contribution is 2.01. The van der Waals surface area contributed by atoms with Gasteiger partial charge in [0.05, 0.1) is 6.61 Å². The van der Waals surface area contributed by atoms with Crippen LogP contribution in [0.15, 0.2) is 18.3 Å². The van der Waals surface area contributed by atoms with Crippen molar-refractivity contribution in [3.8, 4) is 11.8 Å². The third-order valence-corrected chi connectivity index (χ3v) is 1.55. The van der Waals surface area contributed by atoms with Crippen LogP contribution < -0.4 is 0 Å². The monoisotopic (exact) mass is 191 g/mol. The SMILES string of the molecule is CC#Cc1ccc(COCOC)cn1. The van der Waals surface area contributed by atoms with Crippen LogP contribution in [0.4, 0.5) is 0 Å². The molecule has 0 aliphatic rings. The van der Waals surface area contributed by atoms with Gasteiger partial charge in [0.2, 0.25) is 0 Å². The summed E-state index contributed by atoms with van der Waals surface area (Å²) in [5.74, 6) is 5.67. The first-order valence-electron chi connectivity index (χ1n) is 4.31. The summed E-state index contributed by atoms with van der Waals surface area (Å²) in [5.41, 5.74) is 1.80. The predicted molar refractivity (Wildman–Crippen MR) is 53.5 cm³/mol. The van der Waals surface area contributed by atoms with Gasteiger partial charge in [-0.2, -0.15) is 0 Å². The van der Waals surface area contributed by atoms with Gasteiger partial charge in [0.25, 0.3) is 0 Å². The molecule has 0 aliphatic carbocycles. The van der Waals surface area contributed by atoms with Crippen LogP contribution in [-0.2, 0) is 16.1 Å². The molecule has 1 aromatic heterocycles. The van der Waals surface area contributed by atoms with Crippen LogP contribution in [0.1, 0.15) is 18.2 Å². The van der Waals surface area contributed by atoms with Gasteiger partial charge in [-0.15, -0.1) is 0 Å². The standard InChI is InChI=1S/C11H13NO2/c1-3-4-11-6-5-10(7-12-11)8-14-9-13-2/h5-7H,8-9H2,1-2H3. The fourth-order valence-corrected chi connectivity index (χ4v) is 0.955. The summed E-state index contributed by atoms with van der Waals surface area (Å²) in [6.45, 7) is 2.61. The summed E-state index contributed by atoms with van der Waals surface area (Å²) >= 11 is 0. The lowest BCUT2D eigenvalue weighted by Crippen LogP contribution is -1.97. The van der Waals surface area contributed by atoms with Gasteiger partial charge >= 0.3 is 0 Å². The highest BCUT2D eigenvalue weighted by molar-refractivity contribution is 5.28. The van der Waals surface area contributed by atoms with E-state index in [0.29, 0.717) is 13.4 Å². The van der Waals surface area contributed by atoms with Crippen molar-refractivity contribution >= 4 is 0 Å². The summed E-state index contributed by atoms with van der Waals surface area (Å²) in [6, 6.07) is 3.82. The molecule has 0 fully saturated rings. The smallest absolute Gasteiger partial charge is 0.146 e. The number of hydrogen-bond donors (Lipinski definition) is 0. The molecule has 3 nitrogen and oxygen atoms in total. The van der Waals surface area contributed by atoms with Crippen LogP contribution in [0.3, 0.4) is 0 Å². The van der Waals surface area contributed by atoms with Gasteiger partial charge in [-0.1, -0.05) is 12.0 Å². The Morgan fingerprint density at radius 3 is 2.86 bits per heavy atom. The van der Waals surface area contributed by atoms with Gasteiger partial charge in [-0.05, 0) is 24.5 Å². The maximum atomic E-state index is 5.17. The second-order valence-corrected chi connectivity index (χ2v) is 2.68. The Bertz CT molecular complexity index is 321. The number of methoxy groups -OCH3 is 1. The Hall–Kier alpha value is -1.37. The lowest BCUT2D eigenvalue weighted by Gasteiger charge is -2.01. The largest absolute Gasteiger partial charge is 0.359 e. The molecule has 1 rings (SSSR count). The highest BCUT2D eigenvalue weighted by Gasteiger charge is 1.93. The highest BCUT2D eigenvalue weighted by atomic mass is 16.7. The van der Waals surface area contributed by atoms with Gasteiger partial charge in [-0.25, -0.2) is 4.98 Å². The molecule has 0 radical (unpaired) electrons. The van der Waals surface area contributed by atoms with E-state index in [1.165, 1.54) is 0 Å². The molecule has 0 aromatic carbocycles. The summed E-state index contributed by atoms with van der Waals surface area (Å²) < 4.78 is 9.93. The third-order valence-electron chi connectivity index (χ3n) is 1.55. The Kier molecular flexibility index (Phi) is 4.70. The maximum Gasteiger partial charge on any atom is 0.146 e. The van der Waals surface area contributed by atoms with E-state index in [1.54, 1.807) is 20.2 Å². The Morgan fingerprint density at radius 2 is 2.29 bits per heavy atom. The average molecular weight is 191 g/mol. The topological polar surface area (TPSA) is 31.4 Å². The van der Waals surface area contributed by atoms with E-state index in [-0.39, 0.29) is 0 Å². The second kappa shape index (κ2) is 6.14. The Labute approximate surface area is 84.1 Å². The van der Waals surface area contributed by atoms with Crippen molar-refractivity contribution in [3.63, 3.8) is 0 Å². The van der Waals surface area contributed by atoms with Crippen LogP contribution in [0.25, 0.3) is 0 Å². The van der Waals surface area contributed by atoms with Crippen molar-refractivity contribution in [1.29, 1.82) is 0 Å². The molecule has 0 N–H and O–H groups in total. The van der Waals surface area contributed by atoms with Crippen LogP contribution in [0.2, 0.25) is 0 Å². The Morgan fingerprint density at radius 1 is 1.43 bits per heavy atom. The first-order chi connectivity index (χ1) is 6.86. The predicted octanol–water partition coefficient (Wildman–Crippen LogP) is 1.57. The van der Waals surface area contributed by atoms with Gasteiger partial charge in [0.1, 0.15) is 12.5 Å². The summed E-state index contributed by atoms with van der Waals surface area (Å²) in [5, 5.41) is 0. The number of hydrogen-bond acceptors (Lipinski definition) is 3. The van der Waals surface area contributed by atoms with Crippen molar-refractivity contribution in [2.24, 2.45) is 0 Å². The average Bonchev–Trinajstić information content (AvgIpc) is 2.21. The quantitative estimate of drug-likeness (QED) is 0.411. The van der Waals surface area contributed by atoms with Crippen molar-refractivity contribution < 1.29 is 9.47 Å². The number of nitrogens with zero attached hydrogens (tertiary/aromatic N) is 1. The minimum absolute atomic E-state index is 0.302. The summed E-state index contributed by atoms with van der Waals surface area (Å²) in [6.07, 6.45) is 1.76. The van der Waals surface area contributed by atoms with Crippen LogP contribution in [-0.4, -0.2) is 18.9 Å². The van der Waals surface area contributed by atoms with E-state index in [0.717, 1.165) is 11.3 Å². The Balaban J connectivity index is 2.49. The van der Waals surface area contributed by atoms with Crippen molar-refractivity contribution in [2.75, 3.05) is 13.9 Å². The zero-order chi connectivity index (χ0) is 10.2. The summed E-state index contributed by atoms with van der Waals surface area (Å²) in [7, 11) is 1.60. The molecule has 74 valence electrons. The van der Waals surface area contributed by atoms with E-state index >= 15 is 0 Å². The zero-order valence-electron chi connectivity index (χ0n) is 8.41. The van der Waals surface area contributed by atoms with E-state index in [2.05, 4.69) is 16.8 Å². The number of pyridine rings is 1. The molecule has 0 unspecified atom stereocenters. The molecule has 1 aromatic rings. The first-order valence-corrected chi connectivity index (χ1v) is 4.31. The molecule has 0 amide bonds.